The molecule has 0 radical (unpaired) electrons. The molecule has 0 amide bonds. The quantitative estimate of drug-likeness (QED) is 0.129. The summed E-state index contributed by atoms with van der Waals surface area (Å²) < 4.78 is 0. The maximum absolute atomic E-state index is 10.0. The summed E-state index contributed by atoms with van der Waals surface area (Å²) in [5, 5.41) is 18.2. The second kappa shape index (κ2) is 15.1. The summed E-state index contributed by atoms with van der Waals surface area (Å²) in [5.74, 6) is 0. The molecule has 6 aromatic rings. The largest absolute Gasteiger partial charge is 0.747 e. The first-order chi connectivity index (χ1) is 19.2. The average Bonchev–Trinajstić information content (AvgIpc) is 3.70. The fourth-order valence-electron chi connectivity index (χ4n) is 4.68. The van der Waals surface area contributed by atoms with Crippen LogP contribution in [0, 0.1) is 0 Å². The molecule has 0 aliphatic heterocycles. The molecule has 0 saturated heterocycles. The van der Waals surface area contributed by atoms with E-state index in [1.807, 2.05) is 31.2 Å². The Kier molecular flexibility index (Phi) is 11.3. The molecule has 4 heteroatoms. The molecule has 0 unspecified atom stereocenters. The summed E-state index contributed by atoms with van der Waals surface area (Å²) >= 11 is 0. The van der Waals surface area contributed by atoms with Crippen LogP contribution in [0.4, 0.5) is 0 Å². The van der Waals surface area contributed by atoms with Crippen LogP contribution in [0.5, 0.6) is 0 Å². The van der Waals surface area contributed by atoms with Crippen molar-refractivity contribution in [3.63, 3.8) is 0 Å². The zero-order valence-electron chi connectivity index (χ0n) is 22.4. The maximum atomic E-state index is 10.0. The Morgan fingerprint density at radius 2 is 0.975 bits per heavy atom. The molecule has 0 fully saturated rings. The molecule has 1 N–H and O–H groups in total. The molecule has 0 aromatic heterocycles. The number of hydrogen-bond donors (Lipinski definition) is 1. The van der Waals surface area contributed by atoms with E-state index in [1.165, 1.54) is 31.8 Å². The van der Waals surface area contributed by atoms with Crippen LogP contribution in [0.2, 0.25) is 0 Å². The van der Waals surface area contributed by atoms with Gasteiger partial charge in [-0.05, 0) is 25.5 Å². The topological polar surface area (TPSA) is 20.2 Å². The molecular formula is C36H32FeOP2-6. The molecule has 206 valence electrons. The van der Waals surface area contributed by atoms with Crippen molar-refractivity contribution in [1.29, 1.82) is 0 Å². The minimum Gasteiger partial charge on any atom is -0.747 e. The summed E-state index contributed by atoms with van der Waals surface area (Å²) in [6, 6.07) is 57.6. The molecule has 0 heterocycles. The van der Waals surface area contributed by atoms with Crippen molar-refractivity contribution in [3.05, 3.63) is 169 Å². The van der Waals surface area contributed by atoms with E-state index in [1.54, 1.807) is 0 Å². The molecule has 40 heavy (non-hydrogen) atoms. The number of aliphatic hydroxyl groups excluding tert-OH is 1. The summed E-state index contributed by atoms with van der Waals surface area (Å²) in [4.78, 5) is 0. The molecular weight excluding hydrogens is 566 g/mol. The molecule has 1 atom stereocenters. The van der Waals surface area contributed by atoms with E-state index in [2.05, 4.69) is 140 Å². The number of aliphatic hydroxyl groups is 1. The van der Waals surface area contributed by atoms with E-state index in [9.17, 15) is 5.11 Å². The van der Waals surface area contributed by atoms with Crippen LogP contribution in [0.3, 0.4) is 0 Å². The Morgan fingerprint density at radius 1 is 0.575 bits per heavy atom. The van der Waals surface area contributed by atoms with Gasteiger partial charge < -0.3 is 34.7 Å². The normalized spacial score (nSPS) is 11.4. The first-order valence-electron chi connectivity index (χ1n) is 13.2. The van der Waals surface area contributed by atoms with Gasteiger partial charge in [0, 0.05) is 23.2 Å². The van der Waals surface area contributed by atoms with E-state index in [0.717, 1.165) is 5.56 Å². The number of benzene rings is 4. The molecule has 0 bridgehead atoms. The molecule has 0 saturated carbocycles. The smallest absolute Gasteiger partial charge is 0.0328 e. The minimum absolute atomic E-state index is 0. The van der Waals surface area contributed by atoms with Crippen molar-refractivity contribution in [1.82, 2.24) is 0 Å². The van der Waals surface area contributed by atoms with Crippen molar-refractivity contribution in [2.45, 2.75) is 13.0 Å². The van der Waals surface area contributed by atoms with Crippen molar-refractivity contribution in [2.24, 2.45) is 0 Å². The summed E-state index contributed by atoms with van der Waals surface area (Å²) in [7, 11) is -1.03. The van der Waals surface area contributed by atoms with Gasteiger partial charge >= 0.3 is 0 Å². The van der Waals surface area contributed by atoms with Crippen LogP contribution in [-0.4, -0.2) is 5.11 Å². The third-order valence-corrected chi connectivity index (χ3v) is 11.4. The van der Waals surface area contributed by atoms with E-state index in [4.69, 9.17) is 0 Å². The first kappa shape index (κ1) is 29.9. The van der Waals surface area contributed by atoms with Gasteiger partial charge in [0.1, 0.15) is 0 Å². The predicted molar refractivity (Wildman–Crippen MR) is 172 cm³/mol. The molecule has 1 nitrogen and oxygen atoms in total. The zero-order valence-corrected chi connectivity index (χ0v) is 25.3. The van der Waals surface area contributed by atoms with Crippen molar-refractivity contribution in [3.8, 4) is 0 Å². The minimum atomic E-state index is -0.622. The Bertz CT molecular complexity index is 1430. The Hall–Kier alpha value is -3.08. The average molecular weight is 598 g/mol. The molecule has 6 aromatic carbocycles. The first-order valence-corrected chi connectivity index (χ1v) is 15.9. The van der Waals surface area contributed by atoms with Gasteiger partial charge in [0.05, 0.1) is 0 Å². The fourth-order valence-corrected chi connectivity index (χ4v) is 9.53. The predicted octanol–water partition coefficient (Wildman–Crippen LogP) is 6.38. The van der Waals surface area contributed by atoms with Crippen LogP contribution < -0.4 is 31.8 Å². The molecule has 0 aliphatic rings. The van der Waals surface area contributed by atoms with Gasteiger partial charge in [-0.2, -0.15) is 6.07 Å². The molecule has 0 spiro atoms. The maximum Gasteiger partial charge on any atom is 0.0328 e. The van der Waals surface area contributed by atoms with Gasteiger partial charge in [0.15, 0.2) is 0 Å². The fraction of sp³-hybridized carbons (Fsp3) is 0.0556. The third-order valence-electron chi connectivity index (χ3n) is 6.48. The summed E-state index contributed by atoms with van der Waals surface area (Å²) in [5.41, 5.74) is 1.04. The Balaban J connectivity index is 0.000000182. The van der Waals surface area contributed by atoms with Gasteiger partial charge in [-0.25, -0.2) is 20.1 Å². The van der Waals surface area contributed by atoms with E-state index < -0.39 is 21.9 Å². The third kappa shape index (κ3) is 7.35. The van der Waals surface area contributed by atoms with E-state index in [-0.39, 0.29) is 17.1 Å². The van der Waals surface area contributed by atoms with Gasteiger partial charge in [-0.1, -0.05) is 132 Å². The Morgan fingerprint density at radius 3 is 1.38 bits per heavy atom. The Labute approximate surface area is 251 Å². The number of hydrogen-bond acceptors (Lipinski definition) is 1. The van der Waals surface area contributed by atoms with Crippen LogP contribution in [0.1, 0.15) is 18.6 Å². The van der Waals surface area contributed by atoms with E-state index >= 15 is 0 Å². The molecule has 6 rings (SSSR count). The van der Waals surface area contributed by atoms with Gasteiger partial charge in [-0.3, -0.25) is 0 Å². The van der Waals surface area contributed by atoms with Crippen LogP contribution >= 0.6 is 15.8 Å². The van der Waals surface area contributed by atoms with Crippen molar-refractivity contribution >= 4 is 47.7 Å². The SMILES string of the molecule is C[C@@H](O)[c-]1cccc1P(c1ccccc1)c1ccccc1.[Fe].c1ccc(P(c2ccccc2)[c-]2[cH-][cH-][cH-][cH-]2)cc1. The molecule has 0 aliphatic carbocycles. The van der Waals surface area contributed by atoms with Crippen LogP contribution in [0.15, 0.2) is 164 Å². The van der Waals surface area contributed by atoms with Crippen LogP contribution in [-0.2, 0) is 17.1 Å². The second-order valence-corrected chi connectivity index (χ2v) is 13.6. The van der Waals surface area contributed by atoms with Gasteiger partial charge in [0.25, 0.3) is 0 Å². The monoisotopic (exact) mass is 598 g/mol. The van der Waals surface area contributed by atoms with Crippen LogP contribution in [0.25, 0.3) is 0 Å². The summed E-state index contributed by atoms with van der Waals surface area (Å²) in [6.45, 7) is 1.84. The summed E-state index contributed by atoms with van der Waals surface area (Å²) in [6.07, 6.45) is -0.438. The standard InChI is InChI=1S/C19H18OP.C17H14P.Fe/c1-15(20)18-13-8-14-19(18)21(16-9-4-2-5-10-16)17-11-6-3-7-12-17;1-3-9-15(10-4-1)18(17-13-7-8-14-17)16-11-5-2-6-12-16;/h2-15,20H,1H3;1-14H;/q-1;-5;/t15-;;/m1../s1. The number of rotatable bonds is 7. The van der Waals surface area contributed by atoms with Gasteiger partial charge in [-0.15, -0.1) is 10.9 Å². The zero-order chi connectivity index (χ0) is 26.9. The second-order valence-electron chi connectivity index (χ2n) is 9.20. The van der Waals surface area contributed by atoms with Crippen molar-refractivity contribution < 1.29 is 22.2 Å². The van der Waals surface area contributed by atoms with Crippen molar-refractivity contribution in [2.75, 3.05) is 0 Å². The van der Waals surface area contributed by atoms with Gasteiger partial charge in [0.2, 0.25) is 0 Å². The van der Waals surface area contributed by atoms with E-state index in [0.29, 0.717) is 0 Å².